The Hall–Kier alpha value is -0.220. The number of halogens is 1. The zero-order chi connectivity index (χ0) is 13.5. The summed E-state index contributed by atoms with van der Waals surface area (Å²) in [4.78, 5) is 0. The number of fused-ring (bicyclic) bond motifs is 3. The molecule has 1 atom stereocenters. The summed E-state index contributed by atoms with van der Waals surface area (Å²) < 4.78 is 12.2. The van der Waals surface area contributed by atoms with Gasteiger partial charge in [-0.1, -0.05) is 55.8 Å². The van der Waals surface area contributed by atoms with Crippen molar-refractivity contribution < 1.29 is 9.47 Å². The van der Waals surface area contributed by atoms with Crippen molar-refractivity contribution in [3.63, 3.8) is 0 Å². The molecule has 3 fully saturated rings. The number of hydrogen-bond acceptors (Lipinski definition) is 3. The Balaban J connectivity index is 1.83. The Morgan fingerprint density at radius 1 is 1.26 bits per heavy atom. The maximum atomic E-state index is 6.11. The van der Waals surface area contributed by atoms with Crippen molar-refractivity contribution in [2.75, 3.05) is 19.0 Å². The van der Waals surface area contributed by atoms with Gasteiger partial charge in [0.15, 0.2) is 0 Å². The highest BCUT2D eigenvalue weighted by Crippen LogP contribution is 2.55. The maximum absolute atomic E-state index is 6.11. The van der Waals surface area contributed by atoms with Crippen LogP contribution in [0.5, 0.6) is 0 Å². The summed E-state index contributed by atoms with van der Waals surface area (Å²) in [6, 6.07) is 7.78. The molecular weight excluding hydrogens is 280 g/mol. The minimum atomic E-state index is -0.611. The first-order chi connectivity index (χ1) is 9.10. The summed E-state index contributed by atoms with van der Waals surface area (Å²) in [6.45, 7) is 6.11. The van der Waals surface area contributed by atoms with E-state index >= 15 is 0 Å². The standard InChI is InChI=1S/C15H19ClO2S/c1-3-11(2)14-8-17-15(18-9-14,19-10-14)12-4-6-13(16)7-5-12/h4-7,11H,3,8-10H2,1-2H3. The topological polar surface area (TPSA) is 18.5 Å². The Bertz CT molecular complexity index is 435. The summed E-state index contributed by atoms with van der Waals surface area (Å²) in [5.41, 5.74) is 1.24. The monoisotopic (exact) mass is 298 g/mol. The molecule has 0 aromatic heterocycles. The number of ether oxygens (including phenoxy) is 2. The minimum absolute atomic E-state index is 0.188. The summed E-state index contributed by atoms with van der Waals surface area (Å²) in [6.07, 6.45) is 1.17. The van der Waals surface area contributed by atoms with Crippen LogP contribution >= 0.6 is 23.4 Å². The highest BCUT2D eigenvalue weighted by Gasteiger charge is 2.54. The molecule has 0 radical (unpaired) electrons. The van der Waals surface area contributed by atoms with Gasteiger partial charge >= 0.3 is 0 Å². The number of rotatable bonds is 3. The molecular formula is C15H19ClO2S. The van der Waals surface area contributed by atoms with Crippen molar-refractivity contribution in [3.05, 3.63) is 34.9 Å². The third-order valence-corrected chi connectivity index (χ3v) is 6.33. The molecule has 1 aromatic rings. The van der Waals surface area contributed by atoms with Crippen LogP contribution in [-0.4, -0.2) is 19.0 Å². The molecule has 104 valence electrons. The van der Waals surface area contributed by atoms with Gasteiger partial charge in [-0.25, -0.2) is 0 Å². The molecule has 0 N–H and O–H groups in total. The highest BCUT2D eigenvalue weighted by molar-refractivity contribution is 8.00. The van der Waals surface area contributed by atoms with Crippen molar-refractivity contribution in [1.82, 2.24) is 0 Å². The van der Waals surface area contributed by atoms with Gasteiger partial charge in [0.05, 0.1) is 13.2 Å². The average molecular weight is 299 g/mol. The summed E-state index contributed by atoms with van der Waals surface area (Å²) >= 11 is 7.72. The molecule has 4 heteroatoms. The lowest BCUT2D eigenvalue weighted by molar-refractivity contribution is -0.274. The largest absolute Gasteiger partial charge is 0.337 e. The molecule has 3 heterocycles. The minimum Gasteiger partial charge on any atom is -0.337 e. The predicted molar refractivity (Wildman–Crippen MR) is 79.4 cm³/mol. The lowest BCUT2D eigenvalue weighted by Gasteiger charge is -2.54. The fourth-order valence-electron chi connectivity index (χ4n) is 2.73. The molecule has 19 heavy (non-hydrogen) atoms. The van der Waals surface area contributed by atoms with Crippen molar-refractivity contribution >= 4 is 23.4 Å². The van der Waals surface area contributed by atoms with E-state index in [4.69, 9.17) is 21.1 Å². The summed E-state index contributed by atoms with van der Waals surface area (Å²) in [7, 11) is 0. The van der Waals surface area contributed by atoms with E-state index in [2.05, 4.69) is 13.8 Å². The third-order valence-electron chi connectivity index (χ3n) is 4.50. The lowest BCUT2D eigenvalue weighted by atomic mass is 9.77. The van der Waals surface area contributed by atoms with E-state index in [-0.39, 0.29) is 5.41 Å². The Kier molecular flexibility index (Phi) is 3.59. The van der Waals surface area contributed by atoms with E-state index in [1.807, 2.05) is 24.3 Å². The van der Waals surface area contributed by atoms with Gasteiger partial charge in [-0.15, -0.1) is 0 Å². The van der Waals surface area contributed by atoms with Gasteiger partial charge < -0.3 is 9.47 Å². The first-order valence-corrected chi connectivity index (χ1v) is 8.14. The molecule has 2 nitrogen and oxygen atoms in total. The van der Waals surface area contributed by atoms with Gasteiger partial charge in [-0.05, 0) is 18.1 Å². The number of hydrogen-bond donors (Lipinski definition) is 0. The highest BCUT2D eigenvalue weighted by atomic mass is 35.5. The molecule has 0 amide bonds. The second-order valence-corrected chi connectivity index (χ2v) is 7.15. The fourth-order valence-corrected chi connectivity index (χ4v) is 4.37. The van der Waals surface area contributed by atoms with Gasteiger partial charge in [-0.3, -0.25) is 0 Å². The van der Waals surface area contributed by atoms with Crippen LogP contribution in [0.1, 0.15) is 25.8 Å². The second kappa shape index (κ2) is 4.96. The van der Waals surface area contributed by atoms with Crippen LogP contribution in [0.3, 0.4) is 0 Å². The smallest absolute Gasteiger partial charge is 0.245 e. The first kappa shape index (κ1) is 13.7. The zero-order valence-electron chi connectivity index (χ0n) is 11.3. The fraction of sp³-hybridized carbons (Fsp3) is 0.600. The Labute approximate surface area is 123 Å². The van der Waals surface area contributed by atoms with E-state index in [9.17, 15) is 0 Å². The first-order valence-electron chi connectivity index (χ1n) is 6.78. The van der Waals surface area contributed by atoms with Crippen LogP contribution in [0.2, 0.25) is 5.02 Å². The van der Waals surface area contributed by atoms with E-state index in [1.54, 1.807) is 11.8 Å². The number of benzene rings is 1. The average Bonchev–Trinajstić information content (AvgIpc) is 2.49. The van der Waals surface area contributed by atoms with Gasteiger partial charge in [0.25, 0.3) is 0 Å². The number of thioether (sulfide) groups is 1. The SMILES string of the molecule is CCC(C)C12COC(c3ccc(Cl)cc3)(OC1)SC2. The lowest BCUT2D eigenvalue weighted by Crippen LogP contribution is -2.56. The van der Waals surface area contributed by atoms with Gasteiger partial charge in [0.2, 0.25) is 5.12 Å². The van der Waals surface area contributed by atoms with Crippen LogP contribution in [0, 0.1) is 11.3 Å². The second-order valence-electron chi connectivity index (χ2n) is 5.60. The molecule has 0 aliphatic carbocycles. The molecule has 3 saturated heterocycles. The van der Waals surface area contributed by atoms with Gasteiger partial charge in [0.1, 0.15) is 0 Å². The molecule has 1 unspecified atom stereocenters. The summed E-state index contributed by atoms with van der Waals surface area (Å²) in [5.74, 6) is 1.73. The molecule has 3 aliphatic heterocycles. The van der Waals surface area contributed by atoms with Crippen LogP contribution < -0.4 is 0 Å². The van der Waals surface area contributed by atoms with E-state index in [0.717, 1.165) is 29.6 Å². The molecule has 0 saturated carbocycles. The van der Waals surface area contributed by atoms with Crippen LogP contribution in [0.15, 0.2) is 24.3 Å². The molecule has 4 rings (SSSR count). The van der Waals surface area contributed by atoms with E-state index in [0.29, 0.717) is 5.92 Å². The zero-order valence-corrected chi connectivity index (χ0v) is 12.9. The van der Waals surface area contributed by atoms with Gasteiger partial charge in [-0.2, -0.15) is 0 Å². The van der Waals surface area contributed by atoms with E-state index < -0.39 is 5.12 Å². The maximum Gasteiger partial charge on any atom is 0.245 e. The normalized spacial score (nSPS) is 35.3. The van der Waals surface area contributed by atoms with Crippen molar-refractivity contribution in [2.45, 2.75) is 25.4 Å². The van der Waals surface area contributed by atoms with Crippen molar-refractivity contribution in [3.8, 4) is 0 Å². The summed E-state index contributed by atoms with van der Waals surface area (Å²) in [5, 5.41) is 0.130. The third kappa shape index (κ3) is 2.21. The molecule has 3 aliphatic rings. The van der Waals surface area contributed by atoms with Crippen molar-refractivity contribution in [2.24, 2.45) is 11.3 Å². The Morgan fingerprint density at radius 3 is 2.37 bits per heavy atom. The van der Waals surface area contributed by atoms with Crippen LogP contribution in [0.4, 0.5) is 0 Å². The van der Waals surface area contributed by atoms with Crippen LogP contribution in [-0.2, 0) is 14.6 Å². The van der Waals surface area contributed by atoms with Crippen LogP contribution in [0.25, 0.3) is 0 Å². The molecule has 2 bridgehead atoms. The molecule has 1 aromatic carbocycles. The van der Waals surface area contributed by atoms with Gasteiger partial charge in [0, 0.05) is 21.8 Å². The predicted octanol–water partition coefficient (Wildman–Crippen LogP) is 4.28. The Morgan fingerprint density at radius 2 is 1.89 bits per heavy atom. The van der Waals surface area contributed by atoms with E-state index in [1.165, 1.54) is 6.42 Å². The van der Waals surface area contributed by atoms with Crippen molar-refractivity contribution in [1.29, 1.82) is 0 Å². The quantitative estimate of drug-likeness (QED) is 0.830. The molecule has 0 spiro atoms.